The van der Waals surface area contributed by atoms with Crippen molar-refractivity contribution in [2.24, 2.45) is 5.73 Å². The van der Waals surface area contributed by atoms with Crippen molar-refractivity contribution in [2.75, 3.05) is 0 Å². The normalized spacial score (nSPS) is 28.5. The molecule has 0 aromatic heterocycles. The van der Waals surface area contributed by atoms with Gasteiger partial charge in [-0.1, -0.05) is 28.1 Å². The molecule has 0 heterocycles. The highest BCUT2D eigenvalue weighted by Crippen LogP contribution is 2.38. The lowest BCUT2D eigenvalue weighted by Gasteiger charge is -1.96. The summed E-state index contributed by atoms with van der Waals surface area (Å²) in [6.07, 6.45) is 1.15. The van der Waals surface area contributed by atoms with Gasteiger partial charge >= 0.3 is 0 Å². The molecule has 1 aromatic rings. The molecule has 0 spiro atoms. The van der Waals surface area contributed by atoms with Crippen LogP contribution in [-0.4, -0.2) is 6.04 Å². The Morgan fingerprint density at radius 1 is 1.27 bits per heavy atom. The zero-order valence-electron chi connectivity index (χ0n) is 6.13. The fraction of sp³-hybridized carbons (Fsp3) is 0.333. The Labute approximate surface area is 74.7 Å². The number of halogens is 1. The van der Waals surface area contributed by atoms with E-state index in [0.717, 1.165) is 10.9 Å². The number of benzene rings is 1. The van der Waals surface area contributed by atoms with Crippen molar-refractivity contribution >= 4 is 15.9 Å². The number of nitrogens with two attached hydrogens (primary N) is 1. The molecule has 0 unspecified atom stereocenters. The summed E-state index contributed by atoms with van der Waals surface area (Å²) in [6, 6.07) is 8.83. The van der Waals surface area contributed by atoms with Crippen LogP contribution < -0.4 is 5.73 Å². The lowest BCUT2D eigenvalue weighted by atomic mass is 10.1. The first-order valence-electron chi connectivity index (χ1n) is 3.78. The fourth-order valence-electron chi connectivity index (χ4n) is 1.31. The minimum atomic E-state index is 0.413. The Balaban J connectivity index is 2.21. The average Bonchev–Trinajstić information content (AvgIpc) is 2.69. The highest BCUT2D eigenvalue weighted by Gasteiger charge is 2.34. The zero-order valence-corrected chi connectivity index (χ0v) is 7.71. The van der Waals surface area contributed by atoms with Gasteiger partial charge in [0, 0.05) is 16.4 Å². The van der Waals surface area contributed by atoms with Gasteiger partial charge in [0.2, 0.25) is 0 Å². The second-order valence-corrected chi connectivity index (χ2v) is 3.97. The molecular formula is C9H10BrN. The van der Waals surface area contributed by atoms with Gasteiger partial charge in [0.05, 0.1) is 0 Å². The van der Waals surface area contributed by atoms with Gasteiger partial charge in [-0.25, -0.2) is 0 Å². The molecule has 1 saturated carbocycles. The smallest absolute Gasteiger partial charge is 0.0175 e. The SMILES string of the molecule is N[C@H]1C[C@@H]1c1ccc(Br)cc1. The van der Waals surface area contributed by atoms with E-state index in [1.165, 1.54) is 5.56 Å². The van der Waals surface area contributed by atoms with Crippen molar-refractivity contribution in [3.05, 3.63) is 34.3 Å². The van der Waals surface area contributed by atoms with E-state index in [4.69, 9.17) is 5.73 Å². The molecule has 11 heavy (non-hydrogen) atoms. The van der Waals surface area contributed by atoms with Crippen LogP contribution in [0.2, 0.25) is 0 Å². The summed E-state index contributed by atoms with van der Waals surface area (Å²) in [5, 5.41) is 0. The molecule has 0 saturated heterocycles. The molecule has 1 aliphatic rings. The molecule has 0 radical (unpaired) electrons. The molecule has 2 rings (SSSR count). The maximum atomic E-state index is 5.72. The van der Waals surface area contributed by atoms with Crippen LogP contribution in [0.25, 0.3) is 0 Å². The third-order valence-electron chi connectivity index (χ3n) is 2.14. The Bertz CT molecular complexity index is 255. The van der Waals surface area contributed by atoms with E-state index >= 15 is 0 Å². The van der Waals surface area contributed by atoms with E-state index in [9.17, 15) is 0 Å². The zero-order chi connectivity index (χ0) is 7.84. The molecule has 2 N–H and O–H groups in total. The van der Waals surface area contributed by atoms with E-state index in [0.29, 0.717) is 12.0 Å². The van der Waals surface area contributed by atoms with Crippen molar-refractivity contribution in [1.82, 2.24) is 0 Å². The maximum absolute atomic E-state index is 5.72. The predicted molar refractivity (Wildman–Crippen MR) is 49.5 cm³/mol. The van der Waals surface area contributed by atoms with Crippen LogP contribution in [0.4, 0.5) is 0 Å². The molecule has 58 valence electrons. The Morgan fingerprint density at radius 3 is 2.27 bits per heavy atom. The summed E-state index contributed by atoms with van der Waals surface area (Å²) < 4.78 is 1.13. The predicted octanol–water partition coefficient (Wildman–Crippen LogP) is 2.26. The summed E-state index contributed by atoms with van der Waals surface area (Å²) in [7, 11) is 0. The lowest BCUT2D eigenvalue weighted by Crippen LogP contribution is -2.00. The monoisotopic (exact) mass is 211 g/mol. The standard InChI is InChI=1S/C9H10BrN/c10-7-3-1-6(2-4-7)8-5-9(8)11/h1-4,8-9H,5,11H2/t8-,9+/m1/s1. The first-order valence-corrected chi connectivity index (χ1v) is 4.58. The highest BCUT2D eigenvalue weighted by atomic mass is 79.9. The quantitative estimate of drug-likeness (QED) is 0.759. The number of hydrogen-bond acceptors (Lipinski definition) is 1. The van der Waals surface area contributed by atoms with Crippen LogP contribution in [0.1, 0.15) is 17.9 Å². The van der Waals surface area contributed by atoms with Crippen molar-refractivity contribution < 1.29 is 0 Å². The van der Waals surface area contributed by atoms with Crippen molar-refractivity contribution in [2.45, 2.75) is 18.4 Å². The van der Waals surface area contributed by atoms with Crippen molar-refractivity contribution in [1.29, 1.82) is 0 Å². The van der Waals surface area contributed by atoms with Gasteiger partial charge < -0.3 is 5.73 Å². The number of rotatable bonds is 1. The molecule has 1 fully saturated rings. The van der Waals surface area contributed by atoms with Crippen LogP contribution in [0.3, 0.4) is 0 Å². The van der Waals surface area contributed by atoms with E-state index in [1.807, 2.05) is 0 Å². The molecule has 0 amide bonds. The van der Waals surface area contributed by atoms with Gasteiger partial charge in [0.25, 0.3) is 0 Å². The molecule has 0 aliphatic heterocycles. The van der Waals surface area contributed by atoms with Crippen molar-refractivity contribution in [3.8, 4) is 0 Å². The summed E-state index contributed by atoms with van der Waals surface area (Å²) >= 11 is 3.40. The summed E-state index contributed by atoms with van der Waals surface area (Å²) in [5.74, 6) is 0.628. The van der Waals surface area contributed by atoms with Gasteiger partial charge in [0.15, 0.2) is 0 Å². The third-order valence-corrected chi connectivity index (χ3v) is 2.67. The maximum Gasteiger partial charge on any atom is 0.0175 e. The van der Waals surface area contributed by atoms with E-state index in [1.54, 1.807) is 0 Å². The largest absolute Gasteiger partial charge is 0.327 e. The van der Waals surface area contributed by atoms with Gasteiger partial charge in [-0.05, 0) is 24.1 Å². The minimum Gasteiger partial charge on any atom is -0.327 e. The van der Waals surface area contributed by atoms with Gasteiger partial charge in [-0.3, -0.25) is 0 Å². The minimum absolute atomic E-state index is 0.413. The Kier molecular flexibility index (Phi) is 1.74. The lowest BCUT2D eigenvalue weighted by molar-refractivity contribution is 0.990. The van der Waals surface area contributed by atoms with Crippen LogP contribution in [0.15, 0.2) is 28.7 Å². The van der Waals surface area contributed by atoms with E-state index in [2.05, 4.69) is 40.2 Å². The molecule has 1 aliphatic carbocycles. The molecule has 2 heteroatoms. The highest BCUT2D eigenvalue weighted by molar-refractivity contribution is 9.10. The van der Waals surface area contributed by atoms with Crippen LogP contribution in [-0.2, 0) is 0 Å². The topological polar surface area (TPSA) is 26.0 Å². The molecular weight excluding hydrogens is 202 g/mol. The third kappa shape index (κ3) is 1.47. The van der Waals surface area contributed by atoms with Gasteiger partial charge in [-0.2, -0.15) is 0 Å². The summed E-state index contributed by atoms with van der Waals surface area (Å²) in [5.41, 5.74) is 7.10. The second-order valence-electron chi connectivity index (χ2n) is 3.06. The van der Waals surface area contributed by atoms with E-state index in [-0.39, 0.29) is 0 Å². The molecule has 1 aromatic carbocycles. The van der Waals surface area contributed by atoms with E-state index < -0.39 is 0 Å². The molecule has 1 nitrogen and oxygen atoms in total. The number of hydrogen-bond donors (Lipinski definition) is 1. The second kappa shape index (κ2) is 2.61. The van der Waals surface area contributed by atoms with Crippen LogP contribution >= 0.6 is 15.9 Å². The average molecular weight is 212 g/mol. The van der Waals surface area contributed by atoms with Crippen LogP contribution in [0, 0.1) is 0 Å². The fourth-order valence-corrected chi connectivity index (χ4v) is 1.57. The molecule has 2 atom stereocenters. The van der Waals surface area contributed by atoms with Crippen molar-refractivity contribution in [3.63, 3.8) is 0 Å². The Morgan fingerprint density at radius 2 is 1.82 bits per heavy atom. The Hall–Kier alpha value is -0.340. The summed E-state index contributed by atoms with van der Waals surface area (Å²) in [6.45, 7) is 0. The first-order chi connectivity index (χ1) is 5.27. The van der Waals surface area contributed by atoms with Gasteiger partial charge in [0.1, 0.15) is 0 Å². The summed E-state index contributed by atoms with van der Waals surface area (Å²) in [4.78, 5) is 0. The molecule has 0 bridgehead atoms. The van der Waals surface area contributed by atoms with Gasteiger partial charge in [-0.15, -0.1) is 0 Å². The first kappa shape index (κ1) is 7.32. The van der Waals surface area contributed by atoms with Crippen LogP contribution in [0.5, 0.6) is 0 Å².